The molecule has 7 heteroatoms. The summed E-state index contributed by atoms with van der Waals surface area (Å²) in [6.07, 6.45) is 1.64. The number of hydrogen-bond donors (Lipinski definition) is 1. The molecule has 0 aliphatic heterocycles. The Morgan fingerprint density at radius 3 is 2.43 bits per heavy atom. The van der Waals surface area contributed by atoms with E-state index < -0.39 is 5.97 Å². The van der Waals surface area contributed by atoms with Crippen molar-refractivity contribution in [2.24, 2.45) is 10.4 Å². The Labute approximate surface area is 177 Å². The number of rotatable bonds is 8. The maximum Gasteiger partial charge on any atom is 0.305 e. The fourth-order valence-corrected chi connectivity index (χ4v) is 3.55. The van der Waals surface area contributed by atoms with Crippen LogP contribution in [0.3, 0.4) is 0 Å². The van der Waals surface area contributed by atoms with Crippen LogP contribution in [0.5, 0.6) is 11.5 Å². The SMILES string of the molecule is COC(=O)CC/C(O)=C1/C(=O)CC(C)(C)CC1=NCCc1ccc(OC)c(OC)c1. The van der Waals surface area contributed by atoms with Crippen molar-refractivity contribution in [3.8, 4) is 11.5 Å². The van der Waals surface area contributed by atoms with E-state index in [0.29, 0.717) is 43.0 Å². The molecule has 0 amide bonds. The van der Waals surface area contributed by atoms with Gasteiger partial charge in [-0.05, 0) is 36.0 Å². The van der Waals surface area contributed by atoms with Crippen LogP contribution in [0.25, 0.3) is 0 Å². The fraction of sp³-hybridized carbons (Fsp3) is 0.522. The van der Waals surface area contributed by atoms with Crippen LogP contribution >= 0.6 is 0 Å². The minimum atomic E-state index is -0.433. The molecule has 0 spiro atoms. The van der Waals surface area contributed by atoms with E-state index in [1.165, 1.54) is 7.11 Å². The molecule has 0 saturated heterocycles. The summed E-state index contributed by atoms with van der Waals surface area (Å²) in [6.45, 7) is 4.48. The van der Waals surface area contributed by atoms with Crippen molar-refractivity contribution >= 4 is 17.5 Å². The van der Waals surface area contributed by atoms with Crippen LogP contribution in [0.4, 0.5) is 0 Å². The van der Waals surface area contributed by atoms with Crippen LogP contribution in [0.1, 0.15) is 45.1 Å². The van der Waals surface area contributed by atoms with Gasteiger partial charge in [-0.25, -0.2) is 0 Å². The van der Waals surface area contributed by atoms with E-state index >= 15 is 0 Å². The third-order valence-electron chi connectivity index (χ3n) is 5.09. The van der Waals surface area contributed by atoms with Gasteiger partial charge in [-0.3, -0.25) is 14.6 Å². The van der Waals surface area contributed by atoms with Gasteiger partial charge in [0.1, 0.15) is 5.76 Å². The molecule has 0 radical (unpaired) electrons. The quantitative estimate of drug-likeness (QED) is 0.392. The Morgan fingerprint density at radius 2 is 1.80 bits per heavy atom. The zero-order valence-corrected chi connectivity index (χ0v) is 18.4. The average Bonchev–Trinajstić information content (AvgIpc) is 2.70. The Bertz CT molecular complexity index is 853. The predicted octanol–water partition coefficient (Wildman–Crippen LogP) is 3.84. The van der Waals surface area contributed by atoms with Crippen molar-refractivity contribution in [1.29, 1.82) is 0 Å². The number of ketones is 1. The monoisotopic (exact) mass is 417 g/mol. The maximum absolute atomic E-state index is 12.7. The summed E-state index contributed by atoms with van der Waals surface area (Å²) >= 11 is 0. The van der Waals surface area contributed by atoms with Gasteiger partial charge in [0.2, 0.25) is 0 Å². The van der Waals surface area contributed by atoms with Gasteiger partial charge in [-0.15, -0.1) is 0 Å². The highest BCUT2D eigenvalue weighted by molar-refractivity contribution is 6.24. The molecule has 0 bridgehead atoms. The zero-order chi connectivity index (χ0) is 22.3. The Kier molecular flexibility index (Phi) is 8.03. The number of carbonyl (C=O) groups is 2. The third-order valence-corrected chi connectivity index (χ3v) is 5.09. The number of methoxy groups -OCH3 is 3. The lowest BCUT2D eigenvalue weighted by atomic mass is 9.73. The second-order valence-corrected chi connectivity index (χ2v) is 8.11. The number of benzene rings is 1. The van der Waals surface area contributed by atoms with Gasteiger partial charge in [0.05, 0.1) is 33.3 Å². The first-order valence-corrected chi connectivity index (χ1v) is 9.97. The molecule has 1 aliphatic carbocycles. The fourth-order valence-electron chi connectivity index (χ4n) is 3.55. The molecular formula is C23H31NO6. The van der Waals surface area contributed by atoms with E-state index in [0.717, 1.165) is 5.56 Å². The number of aliphatic imine (C=N–C) groups is 1. The Morgan fingerprint density at radius 1 is 1.10 bits per heavy atom. The van der Waals surface area contributed by atoms with E-state index in [9.17, 15) is 14.7 Å². The standard InChI is InChI=1S/C23H31NO6/c1-23(2)13-16(22(18(26)14-23)17(25)7-9-21(27)30-5)24-11-10-15-6-8-19(28-3)20(12-15)29-4/h6,8,12,25H,7,9-11,13-14H2,1-5H3/b22-17-,24-16?. The second kappa shape index (κ2) is 10.3. The second-order valence-electron chi connectivity index (χ2n) is 8.11. The highest BCUT2D eigenvalue weighted by Crippen LogP contribution is 2.36. The first kappa shape index (κ1) is 23.4. The molecule has 1 aliphatic rings. The number of allylic oxidation sites excluding steroid dienone is 2. The molecule has 1 fully saturated rings. The molecule has 2 rings (SSSR count). The van der Waals surface area contributed by atoms with Crippen LogP contribution in [0, 0.1) is 5.41 Å². The van der Waals surface area contributed by atoms with Gasteiger partial charge >= 0.3 is 5.97 Å². The summed E-state index contributed by atoms with van der Waals surface area (Å²) in [4.78, 5) is 28.8. The minimum Gasteiger partial charge on any atom is -0.511 e. The van der Waals surface area contributed by atoms with Crippen LogP contribution in [0.15, 0.2) is 34.5 Å². The number of carbonyl (C=O) groups excluding carboxylic acids is 2. The molecular weight excluding hydrogens is 386 g/mol. The summed E-state index contributed by atoms with van der Waals surface area (Å²) in [5, 5.41) is 10.5. The molecule has 0 atom stereocenters. The first-order valence-electron chi connectivity index (χ1n) is 9.97. The molecule has 164 valence electrons. The summed E-state index contributed by atoms with van der Waals surface area (Å²) in [5.41, 5.74) is 1.65. The highest BCUT2D eigenvalue weighted by Gasteiger charge is 2.36. The number of ether oxygens (including phenoxy) is 3. The van der Waals surface area contributed by atoms with E-state index in [1.54, 1.807) is 14.2 Å². The molecule has 0 heterocycles. The summed E-state index contributed by atoms with van der Waals surface area (Å²) in [5.74, 6) is 0.646. The molecule has 7 nitrogen and oxygen atoms in total. The average molecular weight is 418 g/mol. The van der Waals surface area contributed by atoms with E-state index in [1.807, 2.05) is 32.0 Å². The number of Topliss-reactive ketones (excluding diaryl/α,β-unsaturated/α-hetero) is 1. The first-order chi connectivity index (χ1) is 14.2. The lowest BCUT2D eigenvalue weighted by Crippen LogP contribution is -2.33. The van der Waals surface area contributed by atoms with Crippen LogP contribution in [-0.4, -0.2) is 50.4 Å². The van der Waals surface area contributed by atoms with Crippen LogP contribution in [0.2, 0.25) is 0 Å². The van der Waals surface area contributed by atoms with E-state index in [4.69, 9.17) is 9.47 Å². The number of aliphatic hydroxyl groups is 1. The molecule has 0 aromatic heterocycles. The summed E-state index contributed by atoms with van der Waals surface area (Å²) in [7, 11) is 4.47. The number of esters is 1. The van der Waals surface area contributed by atoms with Crippen molar-refractivity contribution in [1.82, 2.24) is 0 Å². The molecule has 0 unspecified atom stereocenters. The van der Waals surface area contributed by atoms with Gasteiger partial charge in [0.15, 0.2) is 17.3 Å². The van der Waals surface area contributed by atoms with Gasteiger partial charge in [0.25, 0.3) is 0 Å². The molecule has 1 aromatic rings. The lowest BCUT2D eigenvalue weighted by molar-refractivity contribution is -0.140. The van der Waals surface area contributed by atoms with Crippen LogP contribution < -0.4 is 9.47 Å². The third kappa shape index (κ3) is 6.08. The van der Waals surface area contributed by atoms with Crippen LogP contribution in [-0.2, 0) is 20.7 Å². The topological polar surface area (TPSA) is 94.4 Å². The normalized spacial score (nSPS) is 18.8. The summed E-state index contributed by atoms with van der Waals surface area (Å²) < 4.78 is 15.2. The summed E-state index contributed by atoms with van der Waals surface area (Å²) in [6, 6.07) is 5.69. The Hall–Kier alpha value is -2.83. The molecule has 1 saturated carbocycles. The van der Waals surface area contributed by atoms with Crippen molar-refractivity contribution in [2.75, 3.05) is 27.9 Å². The van der Waals surface area contributed by atoms with Gasteiger partial charge in [0, 0.05) is 25.1 Å². The van der Waals surface area contributed by atoms with Crippen molar-refractivity contribution in [3.05, 3.63) is 35.1 Å². The highest BCUT2D eigenvalue weighted by atomic mass is 16.5. The largest absolute Gasteiger partial charge is 0.511 e. The number of aliphatic hydroxyl groups excluding tert-OH is 1. The van der Waals surface area contributed by atoms with Crippen molar-refractivity contribution in [3.63, 3.8) is 0 Å². The van der Waals surface area contributed by atoms with Gasteiger partial charge in [-0.1, -0.05) is 19.9 Å². The minimum absolute atomic E-state index is 0.0153. The predicted molar refractivity (Wildman–Crippen MR) is 114 cm³/mol. The number of hydrogen-bond acceptors (Lipinski definition) is 7. The molecule has 1 aromatic carbocycles. The Balaban J connectivity index is 2.22. The maximum atomic E-state index is 12.7. The molecule has 1 N–H and O–H groups in total. The van der Waals surface area contributed by atoms with Gasteiger partial charge in [-0.2, -0.15) is 0 Å². The van der Waals surface area contributed by atoms with E-state index in [-0.39, 0.29) is 35.4 Å². The lowest BCUT2D eigenvalue weighted by Gasteiger charge is -2.31. The number of nitrogens with zero attached hydrogens (tertiary/aromatic N) is 1. The van der Waals surface area contributed by atoms with Crippen molar-refractivity contribution in [2.45, 2.75) is 46.0 Å². The molecule has 30 heavy (non-hydrogen) atoms. The van der Waals surface area contributed by atoms with Crippen molar-refractivity contribution < 1.29 is 28.9 Å². The van der Waals surface area contributed by atoms with E-state index in [2.05, 4.69) is 9.73 Å². The zero-order valence-electron chi connectivity index (χ0n) is 18.4. The smallest absolute Gasteiger partial charge is 0.305 e. The van der Waals surface area contributed by atoms with Gasteiger partial charge < -0.3 is 19.3 Å².